The van der Waals surface area contributed by atoms with Crippen LogP contribution in [0.25, 0.3) is 0 Å². The summed E-state index contributed by atoms with van der Waals surface area (Å²) in [7, 11) is 0. The van der Waals surface area contributed by atoms with E-state index in [9.17, 15) is 5.11 Å². The first kappa shape index (κ1) is 10.9. The molecule has 0 unspecified atom stereocenters. The molecular weight excluding hydrogens is 202 g/mol. The lowest BCUT2D eigenvalue weighted by Crippen LogP contribution is -2.60. The van der Waals surface area contributed by atoms with Crippen LogP contribution in [0.1, 0.15) is 23.7 Å². The summed E-state index contributed by atoms with van der Waals surface area (Å²) in [5, 5.41) is 18.8. The number of aryl methyl sites for hydroxylation is 2. The van der Waals surface area contributed by atoms with Crippen molar-refractivity contribution in [2.24, 2.45) is 0 Å². The summed E-state index contributed by atoms with van der Waals surface area (Å²) in [6.45, 7) is 6.69. The van der Waals surface area contributed by atoms with Crippen molar-refractivity contribution in [2.45, 2.75) is 26.4 Å². The van der Waals surface area contributed by atoms with E-state index in [0.717, 1.165) is 11.3 Å². The highest BCUT2D eigenvalue weighted by atomic mass is 16.3. The van der Waals surface area contributed by atoms with Crippen LogP contribution >= 0.6 is 0 Å². The van der Waals surface area contributed by atoms with Crippen molar-refractivity contribution in [1.29, 1.82) is 5.26 Å². The SMILES string of the molecule is Cc1cc(C)c(C#N)c(N2CC(C)(O)C2)n1. The quantitative estimate of drug-likeness (QED) is 0.766. The minimum atomic E-state index is -0.647. The van der Waals surface area contributed by atoms with Gasteiger partial charge in [0.2, 0.25) is 0 Å². The fraction of sp³-hybridized carbons (Fsp3) is 0.500. The highest BCUT2D eigenvalue weighted by molar-refractivity contribution is 5.60. The van der Waals surface area contributed by atoms with E-state index in [1.807, 2.05) is 24.8 Å². The summed E-state index contributed by atoms with van der Waals surface area (Å²) >= 11 is 0. The lowest BCUT2D eigenvalue weighted by atomic mass is 9.96. The van der Waals surface area contributed by atoms with Gasteiger partial charge in [-0.2, -0.15) is 5.26 Å². The van der Waals surface area contributed by atoms with Crippen LogP contribution in [0.4, 0.5) is 5.82 Å². The van der Waals surface area contributed by atoms with Gasteiger partial charge >= 0.3 is 0 Å². The molecule has 0 atom stereocenters. The lowest BCUT2D eigenvalue weighted by Gasteiger charge is -2.45. The Balaban J connectivity index is 2.38. The summed E-state index contributed by atoms with van der Waals surface area (Å²) in [6, 6.07) is 4.08. The molecule has 4 heteroatoms. The number of nitriles is 1. The van der Waals surface area contributed by atoms with Crippen LogP contribution < -0.4 is 4.90 Å². The fourth-order valence-corrected chi connectivity index (χ4v) is 2.11. The number of β-amino-alcohol motifs (C(OH)–C–C–N with tert-alkyl or cyclic N) is 1. The van der Waals surface area contributed by atoms with Crippen molar-refractivity contribution >= 4 is 5.82 Å². The summed E-state index contributed by atoms with van der Waals surface area (Å²) in [5.74, 6) is 0.700. The maximum Gasteiger partial charge on any atom is 0.147 e. The van der Waals surface area contributed by atoms with Gasteiger partial charge < -0.3 is 10.0 Å². The largest absolute Gasteiger partial charge is 0.386 e. The zero-order valence-corrected chi connectivity index (χ0v) is 9.78. The van der Waals surface area contributed by atoms with E-state index in [4.69, 9.17) is 5.26 Å². The number of hydrogen-bond acceptors (Lipinski definition) is 4. The van der Waals surface area contributed by atoms with E-state index < -0.39 is 5.60 Å². The molecule has 84 valence electrons. The minimum absolute atomic E-state index is 0.539. The van der Waals surface area contributed by atoms with E-state index in [2.05, 4.69) is 11.1 Å². The first-order valence-corrected chi connectivity index (χ1v) is 5.28. The summed E-state index contributed by atoms with van der Waals surface area (Å²) in [5.41, 5.74) is 1.81. The molecule has 16 heavy (non-hydrogen) atoms. The standard InChI is InChI=1S/C12H15N3O/c1-8-4-9(2)14-11(10(8)5-13)15-6-12(3,16)7-15/h4,16H,6-7H2,1-3H3. The highest BCUT2D eigenvalue weighted by Gasteiger charge is 2.38. The van der Waals surface area contributed by atoms with Crippen LogP contribution in [0.5, 0.6) is 0 Å². The lowest BCUT2D eigenvalue weighted by molar-refractivity contribution is 0.0305. The number of nitrogens with zero attached hydrogens (tertiary/aromatic N) is 3. The first-order chi connectivity index (χ1) is 7.43. The van der Waals surface area contributed by atoms with Gasteiger partial charge in [0.25, 0.3) is 0 Å². The van der Waals surface area contributed by atoms with Crippen LogP contribution in [-0.4, -0.2) is 28.8 Å². The van der Waals surface area contributed by atoms with Gasteiger partial charge in [0.15, 0.2) is 0 Å². The average Bonchev–Trinajstić information content (AvgIpc) is 2.12. The normalized spacial score (nSPS) is 17.8. The molecule has 1 aliphatic heterocycles. The zero-order valence-electron chi connectivity index (χ0n) is 9.78. The zero-order chi connectivity index (χ0) is 11.9. The van der Waals surface area contributed by atoms with Gasteiger partial charge in [0, 0.05) is 18.8 Å². The van der Waals surface area contributed by atoms with Crippen LogP contribution in [-0.2, 0) is 0 Å². The molecule has 1 aromatic rings. The molecule has 0 radical (unpaired) electrons. The second-order valence-corrected chi connectivity index (χ2v) is 4.74. The third kappa shape index (κ3) is 1.74. The number of pyridine rings is 1. The Morgan fingerprint density at radius 1 is 1.50 bits per heavy atom. The van der Waals surface area contributed by atoms with E-state index in [0.29, 0.717) is 24.5 Å². The van der Waals surface area contributed by atoms with Crippen molar-refractivity contribution < 1.29 is 5.11 Å². The maximum atomic E-state index is 9.69. The maximum absolute atomic E-state index is 9.69. The van der Waals surface area contributed by atoms with E-state index >= 15 is 0 Å². The predicted molar refractivity (Wildman–Crippen MR) is 61.3 cm³/mol. The Kier molecular flexibility index (Phi) is 2.36. The van der Waals surface area contributed by atoms with Crippen LogP contribution in [0.15, 0.2) is 6.07 Å². The summed E-state index contributed by atoms with van der Waals surface area (Å²) in [4.78, 5) is 6.33. The van der Waals surface area contributed by atoms with Gasteiger partial charge in [-0.05, 0) is 32.4 Å². The van der Waals surface area contributed by atoms with Crippen LogP contribution in [0.3, 0.4) is 0 Å². The molecule has 4 nitrogen and oxygen atoms in total. The fourth-order valence-electron chi connectivity index (χ4n) is 2.11. The van der Waals surface area contributed by atoms with Gasteiger partial charge in [-0.15, -0.1) is 0 Å². The molecule has 1 N–H and O–H groups in total. The molecule has 0 aliphatic carbocycles. The molecule has 0 amide bonds. The van der Waals surface area contributed by atoms with Crippen LogP contribution in [0.2, 0.25) is 0 Å². The van der Waals surface area contributed by atoms with E-state index in [1.165, 1.54) is 0 Å². The number of hydrogen-bond donors (Lipinski definition) is 1. The number of aliphatic hydroxyl groups is 1. The molecule has 1 saturated heterocycles. The van der Waals surface area contributed by atoms with Gasteiger partial charge in [-0.25, -0.2) is 4.98 Å². The average molecular weight is 217 g/mol. The molecular formula is C12H15N3O. The second kappa shape index (κ2) is 3.46. The van der Waals surface area contributed by atoms with Crippen molar-refractivity contribution in [1.82, 2.24) is 4.98 Å². The third-order valence-corrected chi connectivity index (χ3v) is 2.80. The Hall–Kier alpha value is -1.60. The summed E-state index contributed by atoms with van der Waals surface area (Å²) < 4.78 is 0. The van der Waals surface area contributed by atoms with Crippen molar-refractivity contribution in [2.75, 3.05) is 18.0 Å². The first-order valence-electron chi connectivity index (χ1n) is 5.28. The molecule has 2 heterocycles. The number of anilines is 1. The number of aromatic nitrogens is 1. The van der Waals surface area contributed by atoms with E-state index in [-0.39, 0.29) is 0 Å². The van der Waals surface area contributed by atoms with Crippen molar-refractivity contribution in [3.8, 4) is 6.07 Å². The van der Waals surface area contributed by atoms with Gasteiger partial charge in [0.05, 0.1) is 11.2 Å². The van der Waals surface area contributed by atoms with Gasteiger partial charge in [0.1, 0.15) is 11.9 Å². The highest BCUT2D eigenvalue weighted by Crippen LogP contribution is 2.29. The second-order valence-electron chi connectivity index (χ2n) is 4.74. The van der Waals surface area contributed by atoms with E-state index in [1.54, 1.807) is 6.92 Å². The molecule has 1 fully saturated rings. The van der Waals surface area contributed by atoms with Crippen LogP contribution in [0, 0.1) is 25.2 Å². The molecule has 0 spiro atoms. The Morgan fingerprint density at radius 3 is 2.62 bits per heavy atom. The molecule has 2 rings (SSSR count). The monoisotopic (exact) mass is 217 g/mol. The number of rotatable bonds is 1. The molecule has 1 aliphatic rings. The predicted octanol–water partition coefficient (Wildman–Crippen LogP) is 1.14. The Labute approximate surface area is 95.1 Å². The topological polar surface area (TPSA) is 60.2 Å². The Morgan fingerprint density at radius 2 is 2.12 bits per heavy atom. The van der Waals surface area contributed by atoms with Crippen molar-refractivity contribution in [3.63, 3.8) is 0 Å². The van der Waals surface area contributed by atoms with Gasteiger partial charge in [-0.3, -0.25) is 0 Å². The smallest absolute Gasteiger partial charge is 0.147 e. The summed E-state index contributed by atoms with van der Waals surface area (Å²) in [6.07, 6.45) is 0. The van der Waals surface area contributed by atoms with Gasteiger partial charge in [-0.1, -0.05) is 0 Å². The molecule has 0 saturated carbocycles. The molecule has 0 aromatic carbocycles. The molecule has 0 bridgehead atoms. The molecule has 1 aromatic heterocycles. The third-order valence-electron chi connectivity index (χ3n) is 2.80. The Bertz CT molecular complexity index is 466. The van der Waals surface area contributed by atoms with Crippen molar-refractivity contribution in [3.05, 3.63) is 22.9 Å². The minimum Gasteiger partial charge on any atom is -0.386 e.